The van der Waals surface area contributed by atoms with Crippen LogP contribution in [0.2, 0.25) is 0 Å². The molecule has 0 amide bonds. The number of halogens is 1. The number of furan rings is 1. The molecule has 0 bridgehead atoms. The molecule has 5 rings (SSSR count). The molecule has 9 nitrogen and oxygen atoms in total. The van der Waals surface area contributed by atoms with Crippen molar-refractivity contribution in [1.82, 2.24) is 14.8 Å². The van der Waals surface area contributed by atoms with E-state index in [1.54, 1.807) is 24.5 Å². The Kier molecular flexibility index (Phi) is 5.02. The Morgan fingerprint density at radius 2 is 2.00 bits per heavy atom. The molecule has 10 heteroatoms. The number of carbonyl (C=O) groups excluding carboxylic acids is 1. The predicted octanol–water partition coefficient (Wildman–Crippen LogP) is 2.38. The molecule has 2 aliphatic rings. The number of pyridine rings is 1. The SMILES string of the molecule is NC(=Nc1ccccn1)N1CCN(C=C2N=C(c3ccc(F)c4occc34)OC2=O)CC1. The number of fused-ring (bicyclic) bond motifs is 1. The number of rotatable bonds is 3. The van der Waals surface area contributed by atoms with E-state index in [0.717, 1.165) is 0 Å². The maximum Gasteiger partial charge on any atom is 0.365 e. The maximum atomic E-state index is 13.9. The molecule has 0 spiro atoms. The first-order chi connectivity index (χ1) is 15.6. The standard InChI is InChI=1S/C22H19FN6O3/c23-16-5-4-15(14-6-12-31-19(14)16)20-26-17(21(30)32-20)13-28-8-10-29(11-9-28)22(24)27-18-3-1-2-7-25-18/h1-7,12-13H,8-11H2,(H2,24,25,27). The largest absolute Gasteiger partial charge is 0.461 e. The van der Waals surface area contributed by atoms with Gasteiger partial charge < -0.3 is 24.7 Å². The number of nitrogens with two attached hydrogens (primary N) is 1. The molecule has 162 valence electrons. The van der Waals surface area contributed by atoms with Gasteiger partial charge in [0.05, 0.1) is 6.26 Å². The average Bonchev–Trinajstić information content (AvgIpc) is 3.43. The minimum absolute atomic E-state index is 0.0970. The molecule has 0 unspecified atom stereocenters. The van der Waals surface area contributed by atoms with Crippen LogP contribution in [0.25, 0.3) is 11.0 Å². The van der Waals surface area contributed by atoms with Crippen molar-refractivity contribution in [2.24, 2.45) is 15.7 Å². The van der Waals surface area contributed by atoms with E-state index in [-0.39, 0.29) is 17.2 Å². The number of hydrogen-bond acceptors (Lipinski definition) is 7. The molecule has 1 fully saturated rings. The number of ether oxygens (including phenoxy) is 1. The van der Waals surface area contributed by atoms with Gasteiger partial charge >= 0.3 is 5.97 Å². The molecular formula is C22H19FN6O3. The van der Waals surface area contributed by atoms with Gasteiger partial charge in [0.1, 0.15) is 0 Å². The molecule has 0 saturated carbocycles. The van der Waals surface area contributed by atoms with Crippen LogP contribution in [0.1, 0.15) is 5.56 Å². The van der Waals surface area contributed by atoms with E-state index < -0.39 is 11.8 Å². The highest BCUT2D eigenvalue weighted by molar-refractivity contribution is 6.15. The molecular weight excluding hydrogens is 415 g/mol. The second kappa shape index (κ2) is 8.14. The highest BCUT2D eigenvalue weighted by Crippen LogP contribution is 2.27. The van der Waals surface area contributed by atoms with Gasteiger partial charge in [-0.2, -0.15) is 4.99 Å². The summed E-state index contributed by atoms with van der Waals surface area (Å²) in [6.07, 6.45) is 4.72. The fourth-order valence-electron chi connectivity index (χ4n) is 3.59. The first-order valence-corrected chi connectivity index (χ1v) is 10.0. The number of aliphatic imine (C=N–C) groups is 2. The number of aromatic nitrogens is 1. The Hall–Kier alpha value is -4.21. The van der Waals surface area contributed by atoms with Crippen molar-refractivity contribution in [2.45, 2.75) is 0 Å². The van der Waals surface area contributed by atoms with Crippen LogP contribution in [0.5, 0.6) is 0 Å². The van der Waals surface area contributed by atoms with Gasteiger partial charge in [-0.3, -0.25) is 0 Å². The van der Waals surface area contributed by atoms with Gasteiger partial charge in [-0.05, 0) is 30.3 Å². The van der Waals surface area contributed by atoms with Crippen molar-refractivity contribution in [2.75, 3.05) is 26.2 Å². The zero-order valence-electron chi connectivity index (χ0n) is 16.9. The third kappa shape index (κ3) is 3.78. The molecule has 0 atom stereocenters. The van der Waals surface area contributed by atoms with Crippen LogP contribution >= 0.6 is 0 Å². The summed E-state index contributed by atoms with van der Waals surface area (Å²) in [7, 11) is 0. The normalized spacial score (nSPS) is 18.4. The van der Waals surface area contributed by atoms with Crippen LogP contribution in [0.4, 0.5) is 10.2 Å². The summed E-state index contributed by atoms with van der Waals surface area (Å²) in [6.45, 7) is 2.52. The van der Waals surface area contributed by atoms with E-state index in [4.69, 9.17) is 14.9 Å². The Morgan fingerprint density at radius 3 is 2.78 bits per heavy atom. The van der Waals surface area contributed by atoms with Gasteiger partial charge in [0, 0.05) is 49.5 Å². The van der Waals surface area contributed by atoms with Crippen molar-refractivity contribution in [1.29, 1.82) is 0 Å². The van der Waals surface area contributed by atoms with Crippen molar-refractivity contribution in [3.63, 3.8) is 0 Å². The summed E-state index contributed by atoms with van der Waals surface area (Å²) in [5.74, 6) is 0.0329. The Labute approximate surface area is 182 Å². The van der Waals surface area contributed by atoms with Crippen LogP contribution in [-0.4, -0.2) is 58.8 Å². The van der Waals surface area contributed by atoms with Gasteiger partial charge in [0.2, 0.25) is 5.90 Å². The topological polar surface area (TPSA) is 110 Å². The number of benzene rings is 1. The first-order valence-electron chi connectivity index (χ1n) is 10.0. The number of guanidine groups is 1. The fraction of sp³-hybridized carbons (Fsp3) is 0.182. The number of hydrogen-bond donors (Lipinski definition) is 1. The fourth-order valence-corrected chi connectivity index (χ4v) is 3.59. The second-order valence-corrected chi connectivity index (χ2v) is 7.26. The minimum atomic E-state index is -0.556. The zero-order chi connectivity index (χ0) is 22.1. The van der Waals surface area contributed by atoms with Crippen LogP contribution in [0.15, 0.2) is 75.2 Å². The summed E-state index contributed by atoms with van der Waals surface area (Å²) in [5.41, 5.74) is 6.89. The molecule has 0 aliphatic carbocycles. The van der Waals surface area contributed by atoms with E-state index in [1.165, 1.54) is 18.4 Å². The first kappa shape index (κ1) is 19.7. The summed E-state index contributed by atoms with van der Waals surface area (Å²) in [4.78, 5) is 29.1. The summed E-state index contributed by atoms with van der Waals surface area (Å²) >= 11 is 0. The quantitative estimate of drug-likeness (QED) is 0.292. The Bertz CT molecular complexity index is 1260. The summed E-state index contributed by atoms with van der Waals surface area (Å²) in [6, 6.07) is 9.84. The monoisotopic (exact) mass is 434 g/mol. The van der Waals surface area contributed by atoms with E-state index in [1.807, 2.05) is 21.9 Å². The molecule has 1 saturated heterocycles. The molecule has 2 N–H and O–H groups in total. The number of carbonyl (C=O) groups is 1. The lowest BCUT2D eigenvalue weighted by Crippen LogP contribution is -2.49. The second-order valence-electron chi connectivity index (χ2n) is 7.26. The van der Waals surface area contributed by atoms with Crippen molar-refractivity contribution < 1.29 is 18.3 Å². The number of nitrogens with zero attached hydrogens (tertiary/aromatic N) is 5. The smallest absolute Gasteiger partial charge is 0.365 e. The van der Waals surface area contributed by atoms with Gasteiger partial charge in [0.25, 0.3) is 0 Å². The zero-order valence-corrected chi connectivity index (χ0v) is 16.9. The molecule has 3 aromatic rings. The highest BCUT2D eigenvalue weighted by atomic mass is 19.1. The molecule has 1 aromatic carbocycles. The molecule has 0 radical (unpaired) electrons. The van der Waals surface area contributed by atoms with Gasteiger partial charge in [-0.1, -0.05) is 6.07 Å². The predicted molar refractivity (Wildman–Crippen MR) is 116 cm³/mol. The van der Waals surface area contributed by atoms with Crippen molar-refractivity contribution in [3.05, 3.63) is 72.1 Å². The maximum absolute atomic E-state index is 13.9. The molecule has 2 aliphatic heterocycles. The van der Waals surface area contributed by atoms with Gasteiger partial charge in [0.15, 0.2) is 28.9 Å². The van der Waals surface area contributed by atoms with Crippen molar-refractivity contribution in [3.8, 4) is 0 Å². The van der Waals surface area contributed by atoms with Gasteiger partial charge in [-0.25, -0.2) is 19.2 Å². The lowest BCUT2D eigenvalue weighted by Gasteiger charge is -2.34. The van der Waals surface area contributed by atoms with Crippen LogP contribution in [-0.2, 0) is 9.53 Å². The van der Waals surface area contributed by atoms with E-state index in [2.05, 4.69) is 15.0 Å². The van der Waals surface area contributed by atoms with Crippen molar-refractivity contribution >= 4 is 34.6 Å². The van der Waals surface area contributed by atoms with Crippen LogP contribution in [0.3, 0.4) is 0 Å². The number of piperazine rings is 1. The number of esters is 1. The molecule has 4 heterocycles. The number of cyclic esters (lactones) is 1. The average molecular weight is 434 g/mol. The third-order valence-corrected chi connectivity index (χ3v) is 5.24. The van der Waals surface area contributed by atoms with Crippen LogP contribution in [0, 0.1) is 5.82 Å². The highest BCUT2D eigenvalue weighted by Gasteiger charge is 2.28. The van der Waals surface area contributed by atoms with E-state index >= 15 is 0 Å². The van der Waals surface area contributed by atoms with Gasteiger partial charge in [-0.15, -0.1) is 0 Å². The lowest BCUT2D eigenvalue weighted by molar-refractivity contribution is -0.130. The van der Waals surface area contributed by atoms with Crippen LogP contribution < -0.4 is 5.73 Å². The van der Waals surface area contributed by atoms with E-state index in [9.17, 15) is 9.18 Å². The Morgan fingerprint density at radius 1 is 1.16 bits per heavy atom. The lowest BCUT2D eigenvalue weighted by atomic mass is 10.1. The van der Waals surface area contributed by atoms with E-state index in [0.29, 0.717) is 48.9 Å². The minimum Gasteiger partial charge on any atom is -0.461 e. The molecule has 32 heavy (non-hydrogen) atoms. The Balaban J connectivity index is 1.29. The molecule has 2 aromatic heterocycles. The summed E-state index contributed by atoms with van der Waals surface area (Å²) < 4.78 is 24.4. The summed E-state index contributed by atoms with van der Waals surface area (Å²) in [5, 5.41) is 0.495. The third-order valence-electron chi connectivity index (χ3n) is 5.24.